The van der Waals surface area contributed by atoms with E-state index in [2.05, 4.69) is 0 Å². The Morgan fingerprint density at radius 3 is 2.53 bits per heavy atom. The lowest BCUT2D eigenvalue weighted by Crippen LogP contribution is -2.30. The molecule has 0 amide bonds. The number of hydrogen-bond acceptors (Lipinski definition) is 3. The molecule has 1 N–H and O–H groups in total. The van der Waals surface area contributed by atoms with Crippen LogP contribution in [-0.2, 0) is 10.1 Å². The minimum atomic E-state index is -4.35. The van der Waals surface area contributed by atoms with Gasteiger partial charge in [0.05, 0.1) is 0 Å². The molecule has 0 aromatic heterocycles. The van der Waals surface area contributed by atoms with Crippen LogP contribution in [-0.4, -0.2) is 24.0 Å². The van der Waals surface area contributed by atoms with Gasteiger partial charge in [-0.05, 0) is 5.56 Å². The normalized spacial score (nSPS) is 20.1. The molecule has 2 rings (SSSR count). The van der Waals surface area contributed by atoms with Crippen LogP contribution in [0.2, 0.25) is 0 Å². The molecule has 1 aromatic rings. The first-order valence-corrected chi connectivity index (χ1v) is 5.78. The lowest BCUT2D eigenvalue weighted by Gasteiger charge is -2.15. The van der Waals surface area contributed by atoms with Gasteiger partial charge in [-0.2, -0.15) is 8.42 Å². The third-order valence-corrected chi connectivity index (χ3v) is 3.27. The highest BCUT2D eigenvalue weighted by Gasteiger charge is 2.32. The second-order valence-corrected chi connectivity index (χ2v) is 4.78. The van der Waals surface area contributed by atoms with E-state index < -0.39 is 21.2 Å². The Kier molecular flexibility index (Phi) is 2.21. The van der Waals surface area contributed by atoms with Crippen molar-refractivity contribution >= 4 is 22.0 Å². The highest BCUT2D eigenvalue weighted by molar-refractivity contribution is 7.87. The molecule has 1 atom stereocenters. The number of hydrogen-bond donors (Lipinski definition) is 1. The van der Waals surface area contributed by atoms with E-state index in [-0.39, 0.29) is 0 Å². The number of carbonyl (C=O) groups is 1. The lowest BCUT2D eigenvalue weighted by atomic mass is 9.96. The predicted molar refractivity (Wildman–Crippen MR) is 55.1 cm³/mol. The summed E-state index contributed by atoms with van der Waals surface area (Å²) >= 11 is 0. The van der Waals surface area contributed by atoms with Gasteiger partial charge in [0.25, 0.3) is 10.1 Å². The van der Waals surface area contributed by atoms with Crippen molar-refractivity contribution in [3.05, 3.63) is 41.5 Å². The summed E-state index contributed by atoms with van der Waals surface area (Å²) in [7, 11) is -4.35. The van der Waals surface area contributed by atoms with Crippen molar-refractivity contribution in [3.8, 4) is 0 Å². The van der Waals surface area contributed by atoms with Crippen LogP contribution in [0.3, 0.4) is 0 Å². The Hall–Kier alpha value is -1.46. The van der Waals surface area contributed by atoms with Gasteiger partial charge in [0, 0.05) is 5.56 Å². The van der Waals surface area contributed by atoms with E-state index in [9.17, 15) is 13.2 Å². The standard InChI is InChI=1S/C10H8O4S/c11-10-8-4-2-1-3-7(8)5-6-9(10)15(12,13)14/h1-6,9H,(H,12,13,14). The minimum absolute atomic E-state index is 0.322. The molecule has 0 aliphatic heterocycles. The van der Waals surface area contributed by atoms with Gasteiger partial charge in [-0.3, -0.25) is 9.35 Å². The van der Waals surface area contributed by atoms with E-state index in [0.717, 1.165) is 0 Å². The highest BCUT2D eigenvalue weighted by Crippen LogP contribution is 2.22. The fourth-order valence-corrected chi connectivity index (χ4v) is 2.21. The average Bonchev–Trinajstić information content (AvgIpc) is 2.16. The maximum absolute atomic E-state index is 11.7. The number of ketones is 1. The van der Waals surface area contributed by atoms with Crippen LogP contribution in [0.1, 0.15) is 15.9 Å². The minimum Gasteiger partial charge on any atom is -0.292 e. The van der Waals surface area contributed by atoms with E-state index in [1.165, 1.54) is 12.2 Å². The first kappa shape index (κ1) is 10.1. The number of fused-ring (bicyclic) bond motifs is 1. The molecule has 5 heteroatoms. The maximum atomic E-state index is 11.7. The van der Waals surface area contributed by atoms with Crippen molar-refractivity contribution in [1.82, 2.24) is 0 Å². The second-order valence-electron chi connectivity index (χ2n) is 3.25. The van der Waals surface area contributed by atoms with Crippen LogP contribution in [0.4, 0.5) is 0 Å². The molecule has 1 aliphatic carbocycles. The number of Topliss-reactive ketones (excluding diaryl/α,β-unsaturated/α-hetero) is 1. The van der Waals surface area contributed by atoms with Crippen LogP contribution in [0.25, 0.3) is 6.08 Å². The molecule has 0 radical (unpaired) electrons. The maximum Gasteiger partial charge on any atom is 0.279 e. The Labute approximate surface area is 87.0 Å². The van der Waals surface area contributed by atoms with Crippen LogP contribution < -0.4 is 0 Å². The molecule has 1 aromatic carbocycles. The molecular weight excluding hydrogens is 216 g/mol. The van der Waals surface area contributed by atoms with E-state index in [0.29, 0.717) is 11.1 Å². The van der Waals surface area contributed by atoms with Gasteiger partial charge >= 0.3 is 0 Å². The zero-order valence-corrected chi connectivity index (χ0v) is 8.44. The van der Waals surface area contributed by atoms with Crippen molar-refractivity contribution in [1.29, 1.82) is 0 Å². The molecule has 0 heterocycles. The number of benzene rings is 1. The second kappa shape index (κ2) is 3.29. The quantitative estimate of drug-likeness (QED) is 0.726. The van der Waals surface area contributed by atoms with Crippen LogP contribution >= 0.6 is 0 Å². The summed E-state index contributed by atoms with van der Waals surface area (Å²) in [6, 6.07) is 6.66. The van der Waals surface area contributed by atoms with Crippen molar-refractivity contribution in [2.45, 2.75) is 5.25 Å². The van der Waals surface area contributed by atoms with Crippen molar-refractivity contribution in [2.75, 3.05) is 0 Å². The van der Waals surface area contributed by atoms with Crippen molar-refractivity contribution < 1.29 is 17.8 Å². The summed E-state index contributed by atoms with van der Waals surface area (Å²) in [5.41, 5.74) is 0.991. The summed E-state index contributed by atoms with van der Waals surface area (Å²) in [6.07, 6.45) is 2.72. The van der Waals surface area contributed by atoms with Gasteiger partial charge in [-0.25, -0.2) is 0 Å². The molecule has 1 unspecified atom stereocenters. The molecule has 78 valence electrons. The fraction of sp³-hybridized carbons (Fsp3) is 0.100. The number of rotatable bonds is 1. The lowest BCUT2D eigenvalue weighted by molar-refractivity contribution is 0.0995. The van der Waals surface area contributed by atoms with Crippen LogP contribution in [0, 0.1) is 0 Å². The van der Waals surface area contributed by atoms with E-state index in [4.69, 9.17) is 4.55 Å². The van der Waals surface area contributed by atoms with Gasteiger partial charge in [-0.15, -0.1) is 0 Å². The van der Waals surface area contributed by atoms with Crippen LogP contribution in [0.5, 0.6) is 0 Å². The van der Waals surface area contributed by atoms with E-state index in [1.54, 1.807) is 24.3 Å². The van der Waals surface area contributed by atoms with Crippen LogP contribution in [0.15, 0.2) is 30.3 Å². The molecule has 0 saturated heterocycles. The summed E-state index contributed by atoms with van der Waals surface area (Å²) in [5.74, 6) is -0.587. The van der Waals surface area contributed by atoms with Gasteiger partial charge in [0.1, 0.15) is 0 Å². The van der Waals surface area contributed by atoms with Gasteiger partial charge < -0.3 is 0 Å². The predicted octanol–water partition coefficient (Wildman–Crippen LogP) is 1.15. The van der Waals surface area contributed by atoms with E-state index in [1.807, 2.05) is 0 Å². The third-order valence-electron chi connectivity index (χ3n) is 2.26. The molecule has 0 spiro atoms. The summed E-state index contributed by atoms with van der Waals surface area (Å²) < 4.78 is 30.6. The fourth-order valence-electron chi connectivity index (χ4n) is 1.53. The zero-order chi connectivity index (χ0) is 11.1. The number of carbonyl (C=O) groups excluding carboxylic acids is 1. The Balaban J connectivity index is 2.56. The Morgan fingerprint density at radius 1 is 1.20 bits per heavy atom. The van der Waals surface area contributed by atoms with Gasteiger partial charge in [-0.1, -0.05) is 36.4 Å². The Morgan fingerprint density at radius 2 is 1.87 bits per heavy atom. The third kappa shape index (κ3) is 1.71. The first-order valence-electron chi connectivity index (χ1n) is 4.28. The zero-order valence-electron chi connectivity index (χ0n) is 7.62. The molecule has 1 aliphatic rings. The largest absolute Gasteiger partial charge is 0.292 e. The van der Waals surface area contributed by atoms with E-state index >= 15 is 0 Å². The van der Waals surface area contributed by atoms with Crippen molar-refractivity contribution in [2.24, 2.45) is 0 Å². The Bertz CT molecular complexity index is 542. The summed E-state index contributed by atoms with van der Waals surface area (Å²) in [6.45, 7) is 0. The molecular formula is C10H8O4S. The van der Waals surface area contributed by atoms with Gasteiger partial charge in [0.15, 0.2) is 11.0 Å². The smallest absolute Gasteiger partial charge is 0.279 e. The molecule has 0 bridgehead atoms. The molecule has 0 saturated carbocycles. The summed E-state index contributed by atoms with van der Waals surface area (Å²) in [5, 5.41) is -1.47. The monoisotopic (exact) mass is 224 g/mol. The molecule has 4 nitrogen and oxygen atoms in total. The topological polar surface area (TPSA) is 71.4 Å². The summed E-state index contributed by atoms with van der Waals surface area (Å²) in [4.78, 5) is 11.7. The highest BCUT2D eigenvalue weighted by atomic mass is 32.2. The van der Waals surface area contributed by atoms with Gasteiger partial charge in [0.2, 0.25) is 0 Å². The molecule has 15 heavy (non-hydrogen) atoms. The average molecular weight is 224 g/mol. The SMILES string of the molecule is O=C1c2ccccc2C=CC1S(=O)(=O)O. The van der Waals surface area contributed by atoms with Crippen molar-refractivity contribution in [3.63, 3.8) is 0 Å². The molecule has 0 fully saturated rings. The first-order chi connectivity index (χ1) is 7.00.